The summed E-state index contributed by atoms with van der Waals surface area (Å²) in [5.74, 6) is 0.343. The van der Waals surface area contributed by atoms with Gasteiger partial charge in [0.1, 0.15) is 0 Å². The number of hydrogen-bond donors (Lipinski definition) is 0. The van der Waals surface area contributed by atoms with Gasteiger partial charge in [0.15, 0.2) is 0 Å². The minimum Gasteiger partial charge on any atom is -0.465 e. The van der Waals surface area contributed by atoms with E-state index in [-0.39, 0.29) is 5.97 Å². The van der Waals surface area contributed by atoms with E-state index in [0.29, 0.717) is 11.5 Å². The van der Waals surface area contributed by atoms with Crippen LogP contribution in [0.5, 0.6) is 0 Å². The Kier molecular flexibility index (Phi) is 4.57. The van der Waals surface area contributed by atoms with Crippen LogP contribution in [0.3, 0.4) is 0 Å². The van der Waals surface area contributed by atoms with Crippen molar-refractivity contribution in [2.45, 2.75) is 20.3 Å². The number of rotatable bonds is 4. The zero-order valence-electron chi connectivity index (χ0n) is 12.2. The maximum atomic E-state index is 11.8. The van der Waals surface area contributed by atoms with Crippen molar-refractivity contribution in [1.29, 1.82) is 0 Å². The molecule has 0 fully saturated rings. The SMILES string of the molecule is COC(=O)c1ccccc1-c1ccc(CC(C)C)cc1. The molecule has 0 unspecified atom stereocenters. The smallest absolute Gasteiger partial charge is 0.338 e. The molecular formula is C18H20O2. The molecule has 2 aromatic carbocycles. The Labute approximate surface area is 120 Å². The minimum atomic E-state index is -0.299. The highest BCUT2D eigenvalue weighted by Crippen LogP contribution is 2.25. The quantitative estimate of drug-likeness (QED) is 0.771. The molecule has 2 heteroatoms. The summed E-state index contributed by atoms with van der Waals surface area (Å²) in [5.41, 5.74) is 3.87. The second kappa shape index (κ2) is 6.38. The summed E-state index contributed by atoms with van der Waals surface area (Å²) in [7, 11) is 1.41. The van der Waals surface area contributed by atoms with E-state index in [4.69, 9.17) is 4.74 Å². The maximum Gasteiger partial charge on any atom is 0.338 e. The zero-order chi connectivity index (χ0) is 14.5. The van der Waals surface area contributed by atoms with Crippen LogP contribution in [0, 0.1) is 5.92 Å². The molecule has 2 rings (SSSR count). The molecule has 0 spiro atoms. The molecule has 104 valence electrons. The lowest BCUT2D eigenvalue weighted by Crippen LogP contribution is -2.03. The fourth-order valence-electron chi connectivity index (χ4n) is 2.31. The summed E-state index contributed by atoms with van der Waals surface area (Å²) in [6.45, 7) is 4.42. The van der Waals surface area contributed by atoms with Gasteiger partial charge in [-0.05, 0) is 35.1 Å². The van der Waals surface area contributed by atoms with Crippen molar-refractivity contribution < 1.29 is 9.53 Å². The Balaban J connectivity index is 2.34. The van der Waals surface area contributed by atoms with E-state index in [1.165, 1.54) is 12.7 Å². The minimum absolute atomic E-state index is 0.299. The van der Waals surface area contributed by atoms with Crippen LogP contribution < -0.4 is 0 Å². The Morgan fingerprint density at radius 3 is 2.30 bits per heavy atom. The topological polar surface area (TPSA) is 26.3 Å². The first-order valence-corrected chi connectivity index (χ1v) is 6.88. The summed E-state index contributed by atoms with van der Waals surface area (Å²) in [6, 6.07) is 15.9. The number of hydrogen-bond acceptors (Lipinski definition) is 2. The highest BCUT2D eigenvalue weighted by Gasteiger charge is 2.12. The first-order valence-electron chi connectivity index (χ1n) is 6.88. The van der Waals surface area contributed by atoms with Gasteiger partial charge in [-0.3, -0.25) is 0 Å². The molecule has 0 aliphatic rings. The number of ether oxygens (including phenoxy) is 1. The van der Waals surface area contributed by atoms with E-state index in [0.717, 1.165) is 17.5 Å². The highest BCUT2D eigenvalue weighted by atomic mass is 16.5. The van der Waals surface area contributed by atoms with Crippen LogP contribution in [0.15, 0.2) is 48.5 Å². The summed E-state index contributed by atoms with van der Waals surface area (Å²) in [6.07, 6.45) is 1.07. The Bertz CT molecular complexity index is 583. The lowest BCUT2D eigenvalue weighted by atomic mass is 9.96. The largest absolute Gasteiger partial charge is 0.465 e. The van der Waals surface area contributed by atoms with Crippen LogP contribution in [0.4, 0.5) is 0 Å². The molecule has 20 heavy (non-hydrogen) atoms. The predicted molar refractivity (Wildman–Crippen MR) is 81.8 cm³/mol. The predicted octanol–water partition coefficient (Wildman–Crippen LogP) is 4.34. The van der Waals surface area contributed by atoms with Gasteiger partial charge in [0.25, 0.3) is 0 Å². The lowest BCUT2D eigenvalue weighted by molar-refractivity contribution is 0.0601. The highest BCUT2D eigenvalue weighted by molar-refractivity contribution is 5.97. The van der Waals surface area contributed by atoms with Crippen LogP contribution >= 0.6 is 0 Å². The number of esters is 1. The van der Waals surface area contributed by atoms with Crippen LogP contribution in [0.1, 0.15) is 29.8 Å². The molecule has 0 saturated heterocycles. The van der Waals surface area contributed by atoms with E-state index >= 15 is 0 Å². The van der Waals surface area contributed by atoms with Crippen molar-refractivity contribution in [2.24, 2.45) is 5.92 Å². The molecule has 0 N–H and O–H groups in total. The van der Waals surface area contributed by atoms with E-state index in [9.17, 15) is 4.79 Å². The van der Waals surface area contributed by atoms with Gasteiger partial charge in [-0.25, -0.2) is 4.79 Å². The van der Waals surface area contributed by atoms with E-state index < -0.39 is 0 Å². The average molecular weight is 268 g/mol. The van der Waals surface area contributed by atoms with Gasteiger partial charge in [-0.1, -0.05) is 56.3 Å². The standard InChI is InChI=1S/C18H20O2/c1-13(2)12-14-8-10-15(11-9-14)16-6-4-5-7-17(16)18(19)20-3/h4-11,13H,12H2,1-3H3. The molecule has 2 nitrogen and oxygen atoms in total. The van der Waals surface area contributed by atoms with Crippen molar-refractivity contribution in [3.05, 3.63) is 59.7 Å². The summed E-state index contributed by atoms with van der Waals surface area (Å²) < 4.78 is 4.84. The number of benzene rings is 2. The number of carbonyl (C=O) groups is 1. The van der Waals surface area contributed by atoms with Gasteiger partial charge < -0.3 is 4.74 Å². The van der Waals surface area contributed by atoms with E-state index in [2.05, 4.69) is 38.1 Å². The van der Waals surface area contributed by atoms with Gasteiger partial charge in [-0.15, -0.1) is 0 Å². The van der Waals surface area contributed by atoms with Gasteiger partial charge in [0, 0.05) is 0 Å². The third-order valence-electron chi connectivity index (χ3n) is 3.24. The summed E-state index contributed by atoms with van der Waals surface area (Å²) in [4.78, 5) is 11.8. The molecule has 0 aliphatic carbocycles. The Morgan fingerprint density at radius 2 is 1.70 bits per heavy atom. The van der Waals surface area contributed by atoms with Crippen LogP contribution in [-0.4, -0.2) is 13.1 Å². The maximum absolute atomic E-state index is 11.8. The third-order valence-corrected chi connectivity index (χ3v) is 3.24. The Morgan fingerprint density at radius 1 is 1.05 bits per heavy atom. The monoisotopic (exact) mass is 268 g/mol. The second-order valence-electron chi connectivity index (χ2n) is 5.33. The molecule has 0 bridgehead atoms. The molecule has 2 aromatic rings. The van der Waals surface area contributed by atoms with Crippen LogP contribution in [0.2, 0.25) is 0 Å². The van der Waals surface area contributed by atoms with E-state index in [1.807, 2.05) is 18.2 Å². The fraction of sp³-hybridized carbons (Fsp3) is 0.278. The molecule has 0 aromatic heterocycles. The van der Waals surface area contributed by atoms with Crippen LogP contribution in [0.25, 0.3) is 11.1 Å². The molecule has 0 aliphatic heterocycles. The van der Waals surface area contributed by atoms with Gasteiger partial charge in [-0.2, -0.15) is 0 Å². The number of carbonyl (C=O) groups excluding carboxylic acids is 1. The van der Waals surface area contributed by atoms with Crippen molar-refractivity contribution in [2.75, 3.05) is 7.11 Å². The molecule has 0 radical (unpaired) electrons. The zero-order valence-corrected chi connectivity index (χ0v) is 12.2. The molecule has 0 amide bonds. The van der Waals surface area contributed by atoms with Crippen molar-refractivity contribution in [3.63, 3.8) is 0 Å². The first kappa shape index (κ1) is 14.3. The molecule has 0 atom stereocenters. The van der Waals surface area contributed by atoms with E-state index in [1.54, 1.807) is 6.07 Å². The number of methoxy groups -OCH3 is 1. The van der Waals surface area contributed by atoms with Gasteiger partial charge in [0.05, 0.1) is 12.7 Å². The molecular weight excluding hydrogens is 248 g/mol. The van der Waals surface area contributed by atoms with Crippen LogP contribution in [-0.2, 0) is 11.2 Å². The Hall–Kier alpha value is -2.09. The summed E-state index contributed by atoms with van der Waals surface area (Å²) >= 11 is 0. The van der Waals surface area contributed by atoms with Gasteiger partial charge >= 0.3 is 5.97 Å². The van der Waals surface area contributed by atoms with Crippen molar-refractivity contribution >= 4 is 5.97 Å². The normalized spacial score (nSPS) is 10.6. The average Bonchev–Trinajstić information content (AvgIpc) is 2.46. The van der Waals surface area contributed by atoms with Crippen molar-refractivity contribution in [1.82, 2.24) is 0 Å². The lowest BCUT2D eigenvalue weighted by Gasteiger charge is -2.09. The molecule has 0 saturated carbocycles. The first-order chi connectivity index (χ1) is 9.61. The fourth-order valence-corrected chi connectivity index (χ4v) is 2.31. The summed E-state index contributed by atoms with van der Waals surface area (Å²) in [5, 5.41) is 0. The second-order valence-corrected chi connectivity index (χ2v) is 5.33. The molecule has 0 heterocycles. The van der Waals surface area contributed by atoms with Gasteiger partial charge in [0.2, 0.25) is 0 Å². The van der Waals surface area contributed by atoms with Crippen molar-refractivity contribution in [3.8, 4) is 11.1 Å². The third kappa shape index (κ3) is 3.27.